The van der Waals surface area contributed by atoms with Crippen LogP contribution in [-0.4, -0.2) is 66.2 Å². The van der Waals surface area contributed by atoms with Gasteiger partial charge in [0.2, 0.25) is 5.91 Å². The number of carbonyl (C=O) groups is 3. The van der Waals surface area contributed by atoms with E-state index in [9.17, 15) is 14.4 Å². The summed E-state index contributed by atoms with van der Waals surface area (Å²) in [6, 6.07) is 7.98. The molecule has 0 saturated carbocycles. The van der Waals surface area contributed by atoms with Crippen LogP contribution in [-0.2, 0) is 23.9 Å². The van der Waals surface area contributed by atoms with Crippen LogP contribution in [0.15, 0.2) is 48.7 Å². The lowest BCUT2D eigenvalue weighted by atomic mass is 9.89. The molecule has 0 unspecified atom stereocenters. The summed E-state index contributed by atoms with van der Waals surface area (Å²) in [7, 11) is 1.47. The molecule has 1 fully saturated rings. The number of pyridine rings is 1. The highest BCUT2D eigenvalue weighted by Crippen LogP contribution is 2.31. The second-order valence-corrected chi connectivity index (χ2v) is 12.0. The first kappa shape index (κ1) is 31.2. The predicted octanol–water partition coefficient (Wildman–Crippen LogP) is 3.65. The minimum atomic E-state index is -0.974. The van der Waals surface area contributed by atoms with E-state index < -0.39 is 35.4 Å². The van der Waals surface area contributed by atoms with E-state index in [-0.39, 0.29) is 24.5 Å². The second-order valence-electron chi connectivity index (χ2n) is 12.0. The normalized spacial score (nSPS) is 26.5. The van der Waals surface area contributed by atoms with Gasteiger partial charge in [-0.15, -0.1) is 0 Å². The Morgan fingerprint density at radius 2 is 1.88 bits per heavy atom. The summed E-state index contributed by atoms with van der Waals surface area (Å²) in [5, 5.41) is 8.25. The summed E-state index contributed by atoms with van der Waals surface area (Å²) in [4.78, 5) is 45.1. The van der Waals surface area contributed by atoms with E-state index in [0.29, 0.717) is 25.1 Å². The van der Waals surface area contributed by atoms with Crippen molar-refractivity contribution in [3.8, 4) is 0 Å². The highest BCUT2D eigenvalue weighted by Gasteiger charge is 2.36. The quantitative estimate of drug-likeness (QED) is 0.509. The summed E-state index contributed by atoms with van der Waals surface area (Å²) in [5.41, 5.74) is 4.94. The third-order valence-electron chi connectivity index (χ3n) is 7.80. The molecule has 42 heavy (non-hydrogen) atoms. The molecule has 4 atom stereocenters. The number of rotatable bonds is 3. The van der Waals surface area contributed by atoms with E-state index in [0.717, 1.165) is 22.2 Å². The molecule has 5 bridgehead atoms. The third kappa shape index (κ3) is 7.17. The predicted molar refractivity (Wildman–Crippen MR) is 162 cm³/mol. The minimum absolute atomic E-state index is 0.0384. The highest BCUT2D eigenvalue weighted by molar-refractivity contribution is 5.90. The molecule has 4 rings (SSSR count). The Kier molecular flexibility index (Phi) is 9.68. The van der Waals surface area contributed by atoms with Crippen LogP contribution in [0.3, 0.4) is 0 Å². The van der Waals surface area contributed by atoms with Gasteiger partial charge < -0.3 is 20.1 Å². The summed E-state index contributed by atoms with van der Waals surface area (Å²) in [6.07, 6.45) is 4.26. The lowest BCUT2D eigenvalue weighted by molar-refractivity contribution is -0.147. The van der Waals surface area contributed by atoms with Gasteiger partial charge in [-0.3, -0.25) is 24.4 Å². The molecule has 0 radical (unpaired) electrons. The average Bonchev–Trinajstić information content (AvgIpc) is 2.96. The maximum absolute atomic E-state index is 13.6. The fourth-order valence-corrected chi connectivity index (χ4v) is 5.00. The molecular weight excluding hydrogens is 534 g/mol. The van der Waals surface area contributed by atoms with Crippen molar-refractivity contribution in [1.29, 1.82) is 0 Å². The number of hydrogen-bond acceptors (Lipinski definition) is 7. The van der Waals surface area contributed by atoms with Crippen molar-refractivity contribution < 1.29 is 23.9 Å². The Morgan fingerprint density at radius 3 is 2.60 bits per heavy atom. The standard InChI is InChI=1S/C32H43N5O5/c1-19(2)28-30(39)35-27(18-41-7)31(40)37-16-8-9-25(36-37)29(38)33-20(3)24-13-12-23-11-10-22(17-26(23)34-24)14-15-32(5,6)21(4)42-28/h10-15,17,19-20,25,27-28,36H,4,8-9,16,18H2,1-3,5-7H3,(H,33,38)(H,35,39)/b15-14+/t20-,25+,27+,28+/m1/s1. The molecular formula is C32H43N5O5. The zero-order chi connectivity index (χ0) is 30.6. The third-order valence-corrected chi connectivity index (χ3v) is 7.80. The number of benzene rings is 1. The Hall–Kier alpha value is -3.76. The van der Waals surface area contributed by atoms with Gasteiger partial charge in [0.25, 0.3) is 11.8 Å². The number of nitrogens with zero attached hydrogens (tertiary/aromatic N) is 2. The number of ether oxygens (including phenoxy) is 2. The second kappa shape index (κ2) is 13.0. The van der Waals surface area contributed by atoms with Gasteiger partial charge in [0.15, 0.2) is 6.10 Å². The number of methoxy groups -OCH3 is 1. The summed E-state index contributed by atoms with van der Waals surface area (Å²) in [6.45, 7) is 14.1. The number of amides is 3. The van der Waals surface area contributed by atoms with Gasteiger partial charge in [-0.1, -0.05) is 50.8 Å². The Morgan fingerprint density at radius 1 is 1.14 bits per heavy atom. The molecule has 1 aromatic carbocycles. The number of nitrogens with one attached hydrogen (secondary N) is 3. The molecule has 2 aliphatic heterocycles. The van der Waals surface area contributed by atoms with Crippen LogP contribution in [0.2, 0.25) is 0 Å². The fraction of sp³-hybridized carbons (Fsp3) is 0.500. The highest BCUT2D eigenvalue weighted by atomic mass is 16.5. The zero-order valence-corrected chi connectivity index (χ0v) is 25.4. The van der Waals surface area contributed by atoms with Gasteiger partial charge in [0.05, 0.1) is 29.6 Å². The molecule has 2 aliphatic rings. The van der Waals surface area contributed by atoms with Crippen molar-refractivity contribution in [3.05, 3.63) is 60.0 Å². The molecule has 3 N–H and O–H groups in total. The van der Waals surface area contributed by atoms with Crippen LogP contribution >= 0.6 is 0 Å². The largest absolute Gasteiger partial charge is 0.484 e. The molecule has 10 heteroatoms. The lowest BCUT2D eigenvalue weighted by Gasteiger charge is -2.36. The lowest BCUT2D eigenvalue weighted by Crippen LogP contribution is -2.62. The molecule has 1 saturated heterocycles. The average molecular weight is 578 g/mol. The Labute approximate surface area is 247 Å². The molecule has 1 aromatic heterocycles. The molecule has 0 aliphatic carbocycles. The van der Waals surface area contributed by atoms with Crippen LogP contribution in [0.4, 0.5) is 0 Å². The maximum Gasteiger partial charge on any atom is 0.262 e. The van der Waals surface area contributed by atoms with Crippen LogP contribution in [0.1, 0.15) is 64.8 Å². The molecule has 0 spiro atoms. The van der Waals surface area contributed by atoms with Crippen molar-refractivity contribution in [3.63, 3.8) is 0 Å². The van der Waals surface area contributed by atoms with Crippen LogP contribution in [0.5, 0.6) is 0 Å². The molecule has 3 heterocycles. The van der Waals surface area contributed by atoms with Gasteiger partial charge in [-0.2, -0.15) is 0 Å². The van der Waals surface area contributed by atoms with E-state index in [4.69, 9.17) is 14.5 Å². The van der Waals surface area contributed by atoms with Crippen LogP contribution < -0.4 is 16.1 Å². The van der Waals surface area contributed by atoms with Crippen molar-refractivity contribution >= 4 is 34.7 Å². The Bertz CT molecular complexity index is 1370. The molecule has 2 aromatic rings. The first-order valence-corrected chi connectivity index (χ1v) is 14.5. The smallest absolute Gasteiger partial charge is 0.262 e. The van der Waals surface area contributed by atoms with E-state index in [1.165, 1.54) is 12.1 Å². The van der Waals surface area contributed by atoms with Gasteiger partial charge >= 0.3 is 0 Å². The number of hydrazine groups is 1. The number of allylic oxidation sites excluding steroid dienone is 1. The topological polar surface area (TPSA) is 122 Å². The fourth-order valence-electron chi connectivity index (χ4n) is 5.00. The number of carbonyl (C=O) groups excluding carboxylic acids is 3. The number of fused-ring (bicyclic) bond motifs is 4. The first-order chi connectivity index (χ1) is 19.9. The number of hydrogen-bond donors (Lipinski definition) is 3. The van der Waals surface area contributed by atoms with E-state index >= 15 is 0 Å². The SMILES string of the molecule is C=C1O[C@@H](C(C)C)C(=O)N[C@@H](COC)C(=O)N2CCC[C@H](N2)C(=O)N[C@H](C)c2ccc3ccc(cc3n2)/C=C/C1(C)C. The molecule has 226 valence electrons. The first-order valence-electron chi connectivity index (χ1n) is 14.5. The van der Waals surface area contributed by atoms with E-state index in [1.54, 1.807) is 0 Å². The van der Waals surface area contributed by atoms with E-state index in [2.05, 4.69) is 22.6 Å². The van der Waals surface area contributed by atoms with Crippen LogP contribution in [0, 0.1) is 11.3 Å². The summed E-state index contributed by atoms with van der Waals surface area (Å²) in [5.74, 6) is -0.842. The van der Waals surface area contributed by atoms with Crippen LogP contribution in [0.25, 0.3) is 17.0 Å². The van der Waals surface area contributed by atoms with Gasteiger partial charge in [0, 0.05) is 24.5 Å². The maximum atomic E-state index is 13.6. The van der Waals surface area contributed by atoms with Crippen molar-refractivity contribution in [2.24, 2.45) is 11.3 Å². The van der Waals surface area contributed by atoms with E-state index in [1.807, 2.05) is 77.1 Å². The summed E-state index contributed by atoms with van der Waals surface area (Å²) >= 11 is 0. The van der Waals surface area contributed by atoms with Gasteiger partial charge in [0.1, 0.15) is 12.1 Å². The zero-order valence-electron chi connectivity index (χ0n) is 25.4. The molecule has 10 nitrogen and oxygen atoms in total. The monoisotopic (exact) mass is 577 g/mol. The van der Waals surface area contributed by atoms with Crippen molar-refractivity contribution in [2.75, 3.05) is 20.3 Å². The van der Waals surface area contributed by atoms with Gasteiger partial charge in [-0.25, -0.2) is 5.43 Å². The van der Waals surface area contributed by atoms with Crippen molar-refractivity contribution in [2.45, 2.75) is 71.7 Å². The number of aromatic nitrogens is 1. The van der Waals surface area contributed by atoms with Crippen molar-refractivity contribution in [1.82, 2.24) is 26.1 Å². The van der Waals surface area contributed by atoms with Gasteiger partial charge in [-0.05, 0) is 57.2 Å². The minimum Gasteiger partial charge on any atom is -0.484 e. The summed E-state index contributed by atoms with van der Waals surface area (Å²) < 4.78 is 11.5. The Balaban J connectivity index is 1.72. The molecule has 3 amide bonds.